The average molecular weight is 688 g/mol. The molecule has 2 amide bonds. The van der Waals surface area contributed by atoms with Gasteiger partial charge in [-0.15, -0.1) is 11.8 Å². The zero-order valence-corrected chi connectivity index (χ0v) is 31.3. The predicted molar refractivity (Wildman–Crippen MR) is 202 cm³/mol. The zero-order chi connectivity index (χ0) is 35.4. The molecule has 1 aliphatic heterocycles. The number of amides is 2. The fourth-order valence-electron chi connectivity index (χ4n) is 6.43. The standard InChI is InChI=1S/C41H57N3O4S/c1-8-31(4)37(38(45)42-25-18-26-47-30(2)3)43-28-35-27-36(29-44(35)39(46)48-40(5,6)7)49-41(32-19-12-9-13-20-32,33-21-14-10-15-22-33)34-23-16-11-17-24-34/h9-17,19-24,30-31,35-37,43H,8,18,25-29H2,1-7H3,(H,42,45)/t31-,35+,36+,37-/m0/s1. The van der Waals surface area contributed by atoms with Gasteiger partial charge >= 0.3 is 6.09 Å². The number of hydrogen-bond donors (Lipinski definition) is 2. The molecule has 1 saturated heterocycles. The minimum absolute atomic E-state index is 0.0112. The minimum Gasteiger partial charge on any atom is -0.444 e. The highest BCUT2D eigenvalue weighted by atomic mass is 32.2. The van der Waals surface area contributed by atoms with Crippen molar-refractivity contribution in [1.29, 1.82) is 0 Å². The summed E-state index contributed by atoms with van der Waals surface area (Å²) in [6.45, 7) is 16.2. The van der Waals surface area contributed by atoms with E-state index in [1.165, 1.54) is 16.7 Å². The molecule has 49 heavy (non-hydrogen) atoms. The smallest absolute Gasteiger partial charge is 0.410 e. The molecule has 0 bridgehead atoms. The zero-order valence-electron chi connectivity index (χ0n) is 30.5. The lowest BCUT2D eigenvalue weighted by atomic mass is 9.84. The van der Waals surface area contributed by atoms with Crippen molar-refractivity contribution < 1.29 is 19.1 Å². The van der Waals surface area contributed by atoms with Crippen LogP contribution < -0.4 is 10.6 Å². The lowest BCUT2D eigenvalue weighted by Crippen LogP contribution is -2.52. The van der Waals surface area contributed by atoms with Crippen molar-refractivity contribution >= 4 is 23.8 Å². The minimum atomic E-state index is -0.624. The van der Waals surface area contributed by atoms with E-state index in [4.69, 9.17) is 9.47 Å². The predicted octanol–water partition coefficient (Wildman–Crippen LogP) is 8.03. The monoisotopic (exact) mass is 687 g/mol. The topological polar surface area (TPSA) is 79.9 Å². The van der Waals surface area contributed by atoms with Gasteiger partial charge in [-0.1, -0.05) is 111 Å². The Morgan fingerprint density at radius 2 is 1.41 bits per heavy atom. The Morgan fingerprint density at radius 3 is 1.88 bits per heavy atom. The number of likely N-dealkylation sites (tertiary alicyclic amines) is 1. The third-order valence-corrected chi connectivity index (χ3v) is 10.8. The first-order chi connectivity index (χ1) is 23.4. The SMILES string of the molecule is CC[C@H](C)[C@H](NC[C@H]1C[C@@H](SC(c2ccccc2)(c2ccccc2)c2ccccc2)CN1C(=O)OC(C)(C)C)C(=O)NCCCOC(C)C. The van der Waals surface area contributed by atoms with Crippen molar-refractivity contribution in [2.24, 2.45) is 5.92 Å². The van der Waals surface area contributed by atoms with Crippen molar-refractivity contribution in [1.82, 2.24) is 15.5 Å². The molecule has 1 aliphatic rings. The summed E-state index contributed by atoms with van der Waals surface area (Å²) in [4.78, 5) is 29.1. The fourth-order valence-corrected chi connectivity index (χ4v) is 8.30. The van der Waals surface area contributed by atoms with Crippen LogP contribution in [0.15, 0.2) is 91.0 Å². The van der Waals surface area contributed by atoms with E-state index in [0.717, 1.165) is 19.3 Å². The van der Waals surface area contributed by atoms with E-state index in [1.807, 2.05) is 51.3 Å². The molecular formula is C41H57N3O4S. The Kier molecular flexibility index (Phi) is 14.2. The van der Waals surface area contributed by atoms with Gasteiger partial charge in [-0.2, -0.15) is 0 Å². The van der Waals surface area contributed by atoms with Crippen LogP contribution in [-0.4, -0.2) is 72.2 Å². The van der Waals surface area contributed by atoms with Crippen LogP contribution in [0, 0.1) is 5.92 Å². The number of ether oxygens (including phenoxy) is 2. The summed E-state index contributed by atoms with van der Waals surface area (Å²) in [6.07, 6.45) is 2.23. The molecule has 8 heteroatoms. The Hall–Kier alpha value is -3.33. The highest BCUT2D eigenvalue weighted by Gasteiger charge is 2.45. The van der Waals surface area contributed by atoms with Crippen molar-refractivity contribution in [2.75, 3.05) is 26.2 Å². The van der Waals surface area contributed by atoms with E-state index in [9.17, 15) is 9.59 Å². The molecule has 3 aromatic carbocycles. The second-order valence-corrected chi connectivity index (χ2v) is 15.9. The molecule has 4 atom stereocenters. The summed E-state index contributed by atoms with van der Waals surface area (Å²) in [5, 5.41) is 6.81. The molecule has 7 nitrogen and oxygen atoms in total. The summed E-state index contributed by atoms with van der Waals surface area (Å²) in [5.41, 5.74) is 2.95. The van der Waals surface area contributed by atoms with Crippen LogP contribution in [0.1, 0.15) is 84.4 Å². The Bertz CT molecular complexity index is 1330. The Balaban J connectivity index is 1.62. The van der Waals surface area contributed by atoms with Gasteiger partial charge in [0.2, 0.25) is 5.91 Å². The van der Waals surface area contributed by atoms with E-state index in [0.29, 0.717) is 26.2 Å². The molecule has 1 heterocycles. The highest BCUT2D eigenvalue weighted by Crippen LogP contribution is 2.52. The van der Waals surface area contributed by atoms with Crippen molar-refractivity contribution in [3.05, 3.63) is 108 Å². The first kappa shape index (κ1) is 38.5. The fraction of sp³-hybridized carbons (Fsp3) is 0.512. The summed E-state index contributed by atoms with van der Waals surface area (Å²) in [6, 6.07) is 31.5. The van der Waals surface area contributed by atoms with Crippen LogP contribution in [0.25, 0.3) is 0 Å². The van der Waals surface area contributed by atoms with E-state index in [2.05, 4.69) is 115 Å². The number of rotatable bonds is 16. The van der Waals surface area contributed by atoms with Gasteiger partial charge in [0.05, 0.1) is 16.9 Å². The molecule has 0 radical (unpaired) electrons. The quantitative estimate of drug-likeness (QED) is 0.117. The number of hydrogen-bond acceptors (Lipinski definition) is 6. The Labute approximate surface area is 298 Å². The van der Waals surface area contributed by atoms with Gasteiger partial charge in [-0.25, -0.2) is 4.79 Å². The number of carbonyl (C=O) groups is 2. The molecule has 0 saturated carbocycles. The van der Waals surface area contributed by atoms with E-state index < -0.39 is 10.3 Å². The van der Waals surface area contributed by atoms with Crippen molar-refractivity contribution in [3.8, 4) is 0 Å². The maximum Gasteiger partial charge on any atom is 0.410 e. The molecule has 0 aromatic heterocycles. The van der Waals surface area contributed by atoms with Gasteiger partial charge < -0.3 is 25.0 Å². The van der Waals surface area contributed by atoms with Crippen LogP contribution in [0.4, 0.5) is 4.79 Å². The van der Waals surface area contributed by atoms with Gasteiger partial charge in [0, 0.05) is 37.5 Å². The second kappa shape index (κ2) is 18.1. The number of thioether (sulfide) groups is 1. The first-order valence-corrected chi connectivity index (χ1v) is 18.8. The lowest BCUT2D eigenvalue weighted by molar-refractivity contribution is -0.124. The molecule has 3 aromatic rings. The highest BCUT2D eigenvalue weighted by molar-refractivity contribution is 8.01. The maximum absolute atomic E-state index is 13.8. The van der Waals surface area contributed by atoms with E-state index in [-0.39, 0.29) is 41.4 Å². The van der Waals surface area contributed by atoms with Crippen LogP contribution in [-0.2, 0) is 19.0 Å². The van der Waals surface area contributed by atoms with Crippen LogP contribution in [0.2, 0.25) is 0 Å². The van der Waals surface area contributed by atoms with Gasteiger partial charge in [0.15, 0.2) is 0 Å². The molecular weight excluding hydrogens is 631 g/mol. The number of nitrogens with one attached hydrogen (secondary N) is 2. The molecule has 266 valence electrons. The van der Waals surface area contributed by atoms with Gasteiger partial charge in [-0.3, -0.25) is 4.79 Å². The molecule has 1 fully saturated rings. The first-order valence-electron chi connectivity index (χ1n) is 17.9. The Morgan fingerprint density at radius 1 is 0.878 bits per heavy atom. The largest absolute Gasteiger partial charge is 0.444 e. The molecule has 2 N–H and O–H groups in total. The van der Waals surface area contributed by atoms with Crippen LogP contribution in [0.3, 0.4) is 0 Å². The van der Waals surface area contributed by atoms with E-state index >= 15 is 0 Å². The summed E-state index contributed by atoms with van der Waals surface area (Å²) >= 11 is 1.90. The summed E-state index contributed by atoms with van der Waals surface area (Å²) < 4.78 is 11.1. The summed E-state index contributed by atoms with van der Waals surface area (Å²) in [7, 11) is 0. The third-order valence-electron chi connectivity index (χ3n) is 9.03. The number of carbonyl (C=O) groups excluding carboxylic acids is 2. The van der Waals surface area contributed by atoms with Gasteiger partial charge in [0.25, 0.3) is 0 Å². The molecule has 0 aliphatic carbocycles. The lowest BCUT2D eigenvalue weighted by Gasteiger charge is -2.37. The maximum atomic E-state index is 13.8. The number of nitrogens with zero attached hydrogens (tertiary/aromatic N) is 1. The second-order valence-electron chi connectivity index (χ2n) is 14.4. The third kappa shape index (κ3) is 10.6. The molecule has 0 unspecified atom stereocenters. The van der Waals surface area contributed by atoms with Crippen LogP contribution in [0.5, 0.6) is 0 Å². The van der Waals surface area contributed by atoms with Crippen LogP contribution >= 0.6 is 11.8 Å². The summed E-state index contributed by atoms with van der Waals surface area (Å²) in [5.74, 6) is 0.109. The van der Waals surface area contributed by atoms with Crippen molar-refractivity contribution in [2.45, 2.75) is 102 Å². The normalized spacial score (nSPS) is 17.9. The molecule has 4 rings (SSSR count). The van der Waals surface area contributed by atoms with Crippen molar-refractivity contribution in [3.63, 3.8) is 0 Å². The van der Waals surface area contributed by atoms with Gasteiger partial charge in [0.1, 0.15) is 5.60 Å². The van der Waals surface area contributed by atoms with E-state index in [1.54, 1.807) is 0 Å². The number of benzene rings is 3. The van der Waals surface area contributed by atoms with Gasteiger partial charge in [-0.05, 0) is 70.1 Å². The average Bonchev–Trinajstić information content (AvgIpc) is 3.50. The molecule has 0 spiro atoms.